The highest BCUT2D eigenvalue weighted by atomic mass is 14.4. The van der Waals surface area contributed by atoms with E-state index in [2.05, 4.69) is 58.0 Å². The molecule has 1 aromatic rings. The van der Waals surface area contributed by atoms with Gasteiger partial charge in [-0.3, -0.25) is 0 Å². The molecule has 0 aromatic heterocycles. The quantitative estimate of drug-likeness (QED) is 0.663. The van der Waals surface area contributed by atoms with E-state index in [4.69, 9.17) is 0 Å². The van der Waals surface area contributed by atoms with Gasteiger partial charge in [-0.2, -0.15) is 0 Å². The van der Waals surface area contributed by atoms with Gasteiger partial charge in [-0.15, -0.1) is 0 Å². The Bertz CT molecular complexity index is 410. The van der Waals surface area contributed by atoms with Crippen molar-refractivity contribution in [2.45, 2.75) is 46.0 Å². The predicted octanol–water partition coefficient (Wildman–Crippen LogP) is 4.80. The van der Waals surface area contributed by atoms with Crippen LogP contribution in [0.1, 0.15) is 51.7 Å². The fourth-order valence-corrected chi connectivity index (χ4v) is 2.66. The molecule has 0 bridgehead atoms. The number of allylic oxidation sites excluding steroid dienone is 2. The lowest BCUT2D eigenvalue weighted by Gasteiger charge is -2.37. The second kappa shape index (κ2) is 4.08. The molecular weight excluding hydrogens is 192 g/mol. The van der Waals surface area contributed by atoms with Gasteiger partial charge in [-0.05, 0) is 34.5 Å². The van der Waals surface area contributed by atoms with Crippen molar-refractivity contribution < 1.29 is 0 Å². The molecule has 1 aliphatic carbocycles. The molecule has 0 radical (unpaired) electrons. The Hall–Kier alpha value is -1.04. The first-order valence-corrected chi connectivity index (χ1v) is 6.38. The van der Waals surface area contributed by atoms with Crippen molar-refractivity contribution in [3.05, 3.63) is 41.5 Å². The molecule has 0 heteroatoms. The minimum absolute atomic E-state index is 0.272. The molecule has 0 amide bonds. The van der Waals surface area contributed by atoms with Gasteiger partial charge in [0.15, 0.2) is 0 Å². The second-order valence-electron chi connectivity index (χ2n) is 5.50. The van der Waals surface area contributed by atoms with Crippen molar-refractivity contribution >= 4 is 5.57 Å². The van der Waals surface area contributed by atoms with Crippen LogP contribution < -0.4 is 0 Å². The SMILES string of the molecule is CCCC1=CC(C)C(C)(C)c2ccccc21. The zero-order valence-electron chi connectivity index (χ0n) is 10.9. The maximum atomic E-state index is 2.48. The van der Waals surface area contributed by atoms with Crippen molar-refractivity contribution in [2.24, 2.45) is 5.92 Å². The van der Waals surface area contributed by atoms with E-state index < -0.39 is 0 Å². The number of rotatable bonds is 2. The highest BCUT2D eigenvalue weighted by Gasteiger charge is 2.32. The van der Waals surface area contributed by atoms with E-state index in [1.54, 1.807) is 5.57 Å². The first kappa shape index (κ1) is 11.4. The summed E-state index contributed by atoms with van der Waals surface area (Å²) < 4.78 is 0. The highest BCUT2D eigenvalue weighted by molar-refractivity contribution is 5.72. The average molecular weight is 214 g/mol. The Kier molecular flexibility index (Phi) is 2.92. The lowest BCUT2D eigenvalue weighted by molar-refractivity contribution is 0.402. The third kappa shape index (κ3) is 1.71. The van der Waals surface area contributed by atoms with E-state index in [0.717, 1.165) is 0 Å². The third-order valence-corrected chi connectivity index (χ3v) is 4.08. The van der Waals surface area contributed by atoms with Crippen LogP contribution >= 0.6 is 0 Å². The van der Waals surface area contributed by atoms with Gasteiger partial charge in [-0.1, -0.05) is 64.5 Å². The Morgan fingerprint density at radius 1 is 1.19 bits per heavy atom. The molecular formula is C16H22. The summed E-state index contributed by atoms with van der Waals surface area (Å²) in [4.78, 5) is 0. The molecule has 0 saturated carbocycles. The van der Waals surface area contributed by atoms with Crippen molar-refractivity contribution in [1.82, 2.24) is 0 Å². The van der Waals surface area contributed by atoms with Gasteiger partial charge in [0.2, 0.25) is 0 Å². The Labute approximate surface area is 99.4 Å². The molecule has 1 aromatic carbocycles. The largest absolute Gasteiger partial charge is 0.0770 e. The van der Waals surface area contributed by atoms with Gasteiger partial charge in [0.1, 0.15) is 0 Å². The Morgan fingerprint density at radius 2 is 1.88 bits per heavy atom. The smallest absolute Gasteiger partial charge is 0.00372 e. The van der Waals surface area contributed by atoms with Crippen LogP contribution in [0.3, 0.4) is 0 Å². The van der Waals surface area contributed by atoms with E-state index >= 15 is 0 Å². The van der Waals surface area contributed by atoms with Crippen LogP contribution in [-0.2, 0) is 5.41 Å². The van der Waals surface area contributed by atoms with Crippen LogP contribution in [0.5, 0.6) is 0 Å². The van der Waals surface area contributed by atoms with Crippen LogP contribution in [-0.4, -0.2) is 0 Å². The molecule has 1 unspecified atom stereocenters. The molecule has 1 atom stereocenters. The molecule has 0 heterocycles. The molecule has 0 aliphatic heterocycles. The van der Waals surface area contributed by atoms with Gasteiger partial charge < -0.3 is 0 Å². The molecule has 1 aliphatic rings. The lowest BCUT2D eigenvalue weighted by Crippen LogP contribution is -2.29. The number of benzene rings is 1. The van der Waals surface area contributed by atoms with Crippen LogP contribution in [0, 0.1) is 5.92 Å². The van der Waals surface area contributed by atoms with Gasteiger partial charge in [0.05, 0.1) is 0 Å². The zero-order valence-corrected chi connectivity index (χ0v) is 10.9. The average Bonchev–Trinajstić information content (AvgIpc) is 2.27. The van der Waals surface area contributed by atoms with Crippen molar-refractivity contribution in [3.63, 3.8) is 0 Å². The number of hydrogen-bond acceptors (Lipinski definition) is 0. The van der Waals surface area contributed by atoms with Crippen LogP contribution in [0.25, 0.3) is 5.57 Å². The van der Waals surface area contributed by atoms with Gasteiger partial charge in [0.25, 0.3) is 0 Å². The topological polar surface area (TPSA) is 0 Å². The van der Waals surface area contributed by atoms with Crippen molar-refractivity contribution in [1.29, 1.82) is 0 Å². The van der Waals surface area contributed by atoms with E-state index in [1.165, 1.54) is 24.0 Å². The summed E-state index contributed by atoms with van der Waals surface area (Å²) in [6, 6.07) is 8.91. The monoisotopic (exact) mass is 214 g/mol. The second-order valence-corrected chi connectivity index (χ2v) is 5.50. The third-order valence-electron chi connectivity index (χ3n) is 4.08. The summed E-state index contributed by atoms with van der Waals surface area (Å²) in [6.45, 7) is 9.31. The van der Waals surface area contributed by atoms with Crippen molar-refractivity contribution in [3.8, 4) is 0 Å². The molecule has 0 fully saturated rings. The van der Waals surface area contributed by atoms with Crippen molar-refractivity contribution in [2.75, 3.05) is 0 Å². The zero-order chi connectivity index (χ0) is 11.8. The maximum absolute atomic E-state index is 2.48. The summed E-state index contributed by atoms with van der Waals surface area (Å²) in [6.07, 6.45) is 4.91. The van der Waals surface area contributed by atoms with Gasteiger partial charge in [0, 0.05) is 0 Å². The fraction of sp³-hybridized carbons (Fsp3) is 0.500. The van der Waals surface area contributed by atoms with Gasteiger partial charge in [-0.25, -0.2) is 0 Å². The van der Waals surface area contributed by atoms with E-state index in [1.807, 2.05) is 0 Å². The molecule has 0 saturated heterocycles. The summed E-state index contributed by atoms with van der Waals surface area (Å²) in [5.41, 5.74) is 4.82. The van der Waals surface area contributed by atoms with Gasteiger partial charge >= 0.3 is 0 Å². The van der Waals surface area contributed by atoms with E-state index in [9.17, 15) is 0 Å². The summed E-state index contributed by atoms with van der Waals surface area (Å²) in [5.74, 6) is 0.629. The standard InChI is InChI=1S/C16H22/c1-5-8-13-11-12(2)16(3,4)15-10-7-6-9-14(13)15/h6-7,9-12H,5,8H2,1-4H3. The Balaban J connectivity index is 2.55. The van der Waals surface area contributed by atoms with E-state index in [0.29, 0.717) is 5.92 Å². The first-order valence-electron chi connectivity index (χ1n) is 6.38. The maximum Gasteiger partial charge on any atom is -0.00372 e. The Morgan fingerprint density at radius 3 is 2.56 bits per heavy atom. The van der Waals surface area contributed by atoms with Crippen LogP contribution in [0.4, 0.5) is 0 Å². The molecule has 0 spiro atoms. The summed E-state index contributed by atoms with van der Waals surface area (Å²) in [5, 5.41) is 0. The number of fused-ring (bicyclic) bond motifs is 1. The predicted molar refractivity (Wildman–Crippen MR) is 71.5 cm³/mol. The fourth-order valence-electron chi connectivity index (χ4n) is 2.66. The van der Waals surface area contributed by atoms with Crippen LogP contribution in [0.2, 0.25) is 0 Å². The first-order chi connectivity index (χ1) is 7.57. The number of hydrogen-bond donors (Lipinski definition) is 0. The molecule has 16 heavy (non-hydrogen) atoms. The normalized spacial score (nSPS) is 22.5. The van der Waals surface area contributed by atoms with E-state index in [-0.39, 0.29) is 5.41 Å². The lowest BCUT2D eigenvalue weighted by atomic mass is 9.67. The molecule has 2 rings (SSSR count). The van der Waals surface area contributed by atoms with Crippen LogP contribution in [0.15, 0.2) is 30.3 Å². The minimum atomic E-state index is 0.272. The molecule has 0 N–H and O–H groups in total. The molecule has 0 nitrogen and oxygen atoms in total. The molecule has 86 valence electrons. The summed E-state index contributed by atoms with van der Waals surface area (Å²) in [7, 11) is 0. The highest BCUT2D eigenvalue weighted by Crippen LogP contribution is 2.43. The minimum Gasteiger partial charge on any atom is -0.0770 e. The summed E-state index contributed by atoms with van der Waals surface area (Å²) >= 11 is 0.